The summed E-state index contributed by atoms with van der Waals surface area (Å²) in [5, 5.41) is 8.81. The zero-order valence-corrected chi connectivity index (χ0v) is 8.11. The summed E-state index contributed by atoms with van der Waals surface area (Å²) in [5.41, 5.74) is 4.15. The largest absolute Gasteiger partial charge is 0.291 e. The zero-order valence-electron chi connectivity index (χ0n) is 7.29. The number of hydrogen-bond donors (Lipinski definition) is 2. The van der Waals surface area contributed by atoms with Gasteiger partial charge < -0.3 is 0 Å². The lowest BCUT2D eigenvalue weighted by Crippen LogP contribution is -1.94. The van der Waals surface area contributed by atoms with Gasteiger partial charge in [-0.2, -0.15) is 0 Å². The van der Waals surface area contributed by atoms with E-state index in [0.29, 0.717) is 0 Å². The maximum absolute atomic E-state index is 8.81. The van der Waals surface area contributed by atoms with Crippen molar-refractivity contribution < 1.29 is 5.21 Å². The summed E-state index contributed by atoms with van der Waals surface area (Å²) in [6.45, 7) is 2.06. The lowest BCUT2D eigenvalue weighted by Gasteiger charge is -2.07. The fraction of sp³-hybridized carbons (Fsp3) is 0.333. The molecular weight excluding hydrogens is 170 g/mol. The van der Waals surface area contributed by atoms with Crippen LogP contribution in [-0.4, -0.2) is 11.5 Å². The Labute approximate surface area is 76.9 Å². The smallest absolute Gasteiger partial charge is 0.0645 e. The monoisotopic (exact) mass is 183 g/mol. The molecule has 3 heteroatoms. The van der Waals surface area contributed by atoms with Gasteiger partial charge in [0.1, 0.15) is 0 Å². The van der Waals surface area contributed by atoms with E-state index in [1.807, 2.05) is 18.4 Å². The Morgan fingerprint density at radius 3 is 2.75 bits per heavy atom. The molecule has 1 rings (SSSR count). The third-order valence-corrected chi connectivity index (χ3v) is 2.54. The van der Waals surface area contributed by atoms with Crippen molar-refractivity contribution >= 4 is 17.4 Å². The molecule has 0 heterocycles. The van der Waals surface area contributed by atoms with E-state index in [1.54, 1.807) is 11.8 Å². The summed E-state index contributed by atoms with van der Waals surface area (Å²) in [6, 6.07) is 6.04. The van der Waals surface area contributed by atoms with Gasteiger partial charge in [0.2, 0.25) is 0 Å². The van der Waals surface area contributed by atoms with Crippen molar-refractivity contribution in [3.05, 3.63) is 23.8 Å². The Morgan fingerprint density at radius 1 is 1.50 bits per heavy atom. The minimum Gasteiger partial charge on any atom is -0.291 e. The first-order valence-corrected chi connectivity index (χ1v) is 5.11. The van der Waals surface area contributed by atoms with Crippen LogP contribution in [0.3, 0.4) is 0 Å². The third-order valence-electron chi connectivity index (χ3n) is 1.82. The van der Waals surface area contributed by atoms with Crippen LogP contribution in [0.5, 0.6) is 0 Å². The number of anilines is 1. The average Bonchev–Trinajstić information content (AvgIpc) is 2.16. The van der Waals surface area contributed by atoms with Crippen molar-refractivity contribution in [3.8, 4) is 0 Å². The van der Waals surface area contributed by atoms with E-state index < -0.39 is 0 Å². The minimum atomic E-state index is 0.810. The van der Waals surface area contributed by atoms with E-state index in [0.717, 1.165) is 22.6 Å². The molecule has 0 bridgehead atoms. The van der Waals surface area contributed by atoms with Crippen LogP contribution in [0.15, 0.2) is 23.1 Å². The molecule has 0 unspecified atom stereocenters. The quantitative estimate of drug-likeness (QED) is 0.558. The maximum Gasteiger partial charge on any atom is 0.0645 e. The van der Waals surface area contributed by atoms with Gasteiger partial charge in [0.05, 0.1) is 5.69 Å². The molecule has 0 radical (unpaired) electrons. The first-order chi connectivity index (χ1) is 5.81. The third kappa shape index (κ3) is 1.93. The van der Waals surface area contributed by atoms with Crippen LogP contribution in [0.25, 0.3) is 0 Å². The lowest BCUT2D eigenvalue weighted by molar-refractivity contribution is 0.388. The molecular formula is C9H13NOS. The van der Waals surface area contributed by atoms with Crippen LogP contribution in [-0.2, 0) is 6.42 Å². The number of benzene rings is 1. The van der Waals surface area contributed by atoms with Gasteiger partial charge in [-0.15, -0.1) is 11.8 Å². The molecule has 0 spiro atoms. The first kappa shape index (κ1) is 9.42. The van der Waals surface area contributed by atoms with Gasteiger partial charge in [0, 0.05) is 4.90 Å². The molecule has 0 aromatic heterocycles. The zero-order chi connectivity index (χ0) is 8.97. The first-order valence-electron chi connectivity index (χ1n) is 3.88. The second kappa shape index (κ2) is 4.38. The van der Waals surface area contributed by atoms with Gasteiger partial charge in [0.25, 0.3) is 0 Å². The van der Waals surface area contributed by atoms with Gasteiger partial charge in [-0.25, -0.2) is 0 Å². The Bertz CT molecular complexity index is 263. The summed E-state index contributed by atoms with van der Waals surface area (Å²) < 4.78 is 0. The second-order valence-electron chi connectivity index (χ2n) is 2.49. The highest BCUT2D eigenvalue weighted by molar-refractivity contribution is 7.98. The van der Waals surface area contributed by atoms with Crippen LogP contribution in [0.4, 0.5) is 5.69 Å². The van der Waals surface area contributed by atoms with Gasteiger partial charge in [-0.3, -0.25) is 10.7 Å². The molecule has 0 aliphatic rings. The fourth-order valence-corrected chi connectivity index (χ4v) is 1.53. The van der Waals surface area contributed by atoms with Gasteiger partial charge >= 0.3 is 0 Å². The number of hydrogen-bond acceptors (Lipinski definition) is 3. The molecule has 12 heavy (non-hydrogen) atoms. The minimum absolute atomic E-state index is 0.810. The highest BCUT2D eigenvalue weighted by Crippen LogP contribution is 2.23. The molecule has 0 atom stereocenters. The van der Waals surface area contributed by atoms with Crippen molar-refractivity contribution in [2.24, 2.45) is 0 Å². The Morgan fingerprint density at radius 2 is 2.25 bits per heavy atom. The molecule has 66 valence electrons. The molecule has 0 amide bonds. The topological polar surface area (TPSA) is 32.3 Å². The molecule has 0 saturated heterocycles. The van der Waals surface area contributed by atoms with Crippen molar-refractivity contribution in [2.45, 2.75) is 18.2 Å². The summed E-state index contributed by atoms with van der Waals surface area (Å²) in [5.74, 6) is 0. The summed E-state index contributed by atoms with van der Waals surface area (Å²) in [6.07, 6.45) is 2.94. The van der Waals surface area contributed by atoms with Crippen molar-refractivity contribution in [1.29, 1.82) is 0 Å². The number of rotatable bonds is 3. The van der Waals surface area contributed by atoms with E-state index in [4.69, 9.17) is 5.21 Å². The van der Waals surface area contributed by atoms with Crippen molar-refractivity contribution in [3.63, 3.8) is 0 Å². The van der Waals surface area contributed by atoms with Gasteiger partial charge in [0.15, 0.2) is 0 Å². The van der Waals surface area contributed by atoms with Crippen LogP contribution in [0.1, 0.15) is 12.5 Å². The molecule has 0 aliphatic carbocycles. The highest BCUT2D eigenvalue weighted by Gasteiger charge is 1.99. The van der Waals surface area contributed by atoms with E-state index in [2.05, 4.69) is 18.5 Å². The SMILES string of the molecule is CCc1ccc(SC)cc1NO. The molecule has 0 fully saturated rings. The normalized spacial score (nSPS) is 9.92. The Kier molecular flexibility index (Phi) is 3.44. The van der Waals surface area contributed by atoms with Crippen LogP contribution in [0, 0.1) is 0 Å². The van der Waals surface area contributed by atoms with E-state index >= 15 is 0 Å². The van der Waals surface area contributed by atoms with Gasteiger partial charge in [-0.1, -0.05) is 13.0 Å². The van der Waals surface area contributed by atoms with Crippen LogP contribution >= 0.6 is 11.8 Å². The molecule has 0 saturated carbocycles. The van der Waals surface area contributed by atoms with Gasteiger partial charge in [-0.05, 0) is 30.4 Å². The van der Waals surface area contributed by atoms with E-state index in [1.165, 1.54) is 0 Å². The number of aryl methyl sites for hydroxylation is 1. The van der Waals surface area contributed by atoms with E-state index in [9.17, 15) is 0 Å². The highest BCUT2D eigenvalue weighted by atomic mass is 32.2. The van der Waals surface area contributed by atoms with Crippen molar-refractivity contribution in [1.82, 2.24) is 0 Å². The lowest BCUT2D eigenvalue weighted by atomic mass is 10.1. The fourth-order valence-electron chi connectivity index (χ4n) is 1.09. The number of nitrogens with one attached hydrogen (secondary N) is 1. The molecule has 1 aromatic rings. The standard InChI is InChI=1S/C9H13NOS/c1-3-7-4-5-8(12-2)6-9(7)10-11/h4-6,10-11H,3H2,1-2H3. The predicted molar refractivity (Wildman–Crippen MR) is 53.0 cm³/mol. The molecule has 2 N–H and O–H groups in total. The molecule has 1 aromatic carbocycles. The Hall–Kier alpha value is -0.670. The molecule has 2 nitrogen and oxygen atoms in total. The summed E-state index contributed by atoms with van der Waals surface area (Å²) in [7, 11) is 0. The number of thioether (sulfide) groups is 1. The second-order valence-corrected chi connectivity index (χ2v) is 3.37. The van der Waals surface area contributed by atoms with E-state index in [-0.39, 0.29) is 0 Å². The maximum atomic E-state index is 8.81. The predicted octanol–water partition coefficient (Wildman–Crippen LogP) is 2.77. The average molecular weight is 183 g/mol. The van der Waals surface area contributed by atoms with Crippen molar-refractivity contribution in [2.75, 3.05) is 11.7 Å². The molecule has 0 aliphatic heterocycles. The summed E-state index contributed by atoms with van der Waals surface area (Å²) >= 11 is 1.67. The Balaban J connectivity index is 3.02. The summed E-state index contributed by atoms with van der Waals surface area (Å²) in [4.78, 5) is 1.16. The van der Waals surface area contributed by atoms with Crippen LogP contribution in [0.2, 0.25) is 0 Å². The van der Waals surface area contributed by atoms with Crippen LogP contribution < -0.4 is 5.48 Å².